The summed E-state index contributed by atoms with van der Waals surface area (Å²) in [5.41, 5.74) is 2.77. The number of unbranched alkanes of at least 4 members (excludes halogenated alkanes) is 5. The van der Waals surface area contributed by atoms with Gasteiger partial charge in [-0.1, -0.05) is 68.3 Å². The Balaban J connectivity index is 1.65. The van der Waals surface area contributed by atoms with Crippen molar-refractivity contribution in [1.29, 1.82) is 0 Å². The molecule has 3 rings (SSSR count). The van der Waals surface area contributed by atoms with Crippen LogP contribution in [0.4, 0.5) is 5.69 Å². The monoisotopic (exact) mass is 456 g/mol. The summed E-state index contributed by atoms with van der Waals surface area (Å²) in [5, 5.41) is 4.00. The molecule has 1 aliphatic rings. The van der Waals surface area contributed by atoms with Crippen molar-refractivity contribution in [2.45, 2.75) is 52.4 Å². The standard InChI is InChI=1S/C25H29ClN2O2S/c1-3-4-5-6-7-8-15-30-22-14-11-20(26)16-19(22)17-23-24(29)28-25(31-23)27-21-12-9-18(2)10-13-21/h9-14,16-17H,3-8,15H2,1-2H3,(H,27,28,29)/b23-17+. The fraction of sp³-hybridized carbons (Fsp3) is 0.360. The van der Waals surface area contributed by atoms with Crippen molar-refractivity contribution in [2.24, 2.45) is 4.99 Å². The van der Waals surface area contributed by atoms with Gasteiger partial charge in [0.1, 0.15) is 5.75 Å². The fourth-order valence-electron chi connectivity index (χ4n) is 3.19. The fourth-order valence-corrected chi connectivity index (χ4v) is 4.20. The molecule has 1 saturated heterocycles. The Hall–Kier alpha value is -2.24. The van der Waals surface area contributed by atoms with E-state index >= 15 is 0 Å². The van der Waals surface area contributed by atoms with Gasteiger partial charge < -0.3 is 10.1 Å². The topological polar surface area (TPSA) is 50.7 Å². The number of rotatable bonds is 10. The SMILES string of the molecule is CCCCCCCCOc1ccc(Cl)cc1/C=C1/SC(=Nc2ccc(C)cc2)NC1=O. The second kappa shape index (κ2) is 12.0. The number of nitrogens with one attached hydrogen (secondary N) is 1. The van der Waals surface area contributed by atoms with Crippen molar-refractivity contribution in [1.82, 2.24) is 5.32 Å². The van der Waals surface area contributed by atoms with Crippen LogP contribution in [-0.4, -0.2) is 17.7 Å². The Morgan fingerprint density at radius 2 is 1.81 bits per heavy atom. The lowest BCUT2D eigenvalue weighted by Gasteiger charge is -2.10. The summed E-state index contributed by atoms with van der Waals surface area (Å²) in [6, 6.07) is 13.4. The third-order valence-corrected chi connectivity index (χ3v) is 6.07. The Labute approximate surface area is 194 Å². The highest BCUT2D eigenvalue weighted by molar-refractivity contribution is 8.18. The molecule has 0 atom stereocenters. The van der Waals surface area contributed by atoms with Crippen LogP contribution in [0.2, 0.25) is 5.02 Å². The number of amides is 1. The Morgan fingerprint density at radius 3 is 2.58 bits per heavy atom. The largest absolute Gasteiger partial charge is 0.493 e. The molecule has 0 spiro atoms. The van der Waals surface area contributed by atoms with Gasteiger partial charge in [-0.3, -0.25) is 4.79 Å². The summed E-state index contributed by atoms with van der Waals surface area (Å²) in [6.45, 7) is 4.91. The van der Waals surface area contributed by atoms with Crippen LogP contribution in [0.1, 0.15) is 56.6 Å². The van der Waals surface area contributed by atoms with Gasteiger partial charge in [-0.15, -0.1) is 0 Å². The molecule has 0 unspecified atom stereocenters. The first kappa shape index (κ1) is 23.4. The number of halogens is 1. The summed E-state index contributed by atoms with van der Waals surface area (Å²) in [4.78, 5) is 17.5. The first-order valence-electron chi connectivity index (χ1n) is 10.8. The number of aryl methyl sites for hydroxylation is 1. The average molecular weight is 457 g/mol. The summed E-state index contributed by atoms with van der Waals surface area (Å²) in [5.74, 6) is 0.570. The number of carbonyl (C=O) groups excluding carboxylic acids is 1. The lowest BCUT2D eigenvalue weighted by Crippen LogP contribution is -2.19. The molecule has 1 heterocycles. The van der Waals surface area contributed by atoms with E-state index in [0.29, 0.717) is 21.7 Å². The van der Waals surface area contributed by atoms with E-state index in [1.807, 2.05) is 55.5 Å². The van der Waals surface area contributed by atoms with E-state index in [1.165, 1.54) is 49.4 Å². The van der Waals surface area contributed by atoms with Gasteiger partial charge in [-0.25, -0.2) is 4.99 Å². The maximum atomic E-state index is 12.5. The van der Waals surface area contributed by atoms with Gasteiger partial charge >= 0.3 is 0 Å². The van der Waals surface area contributed by atoms with Crippen LogP contribution in [-0.2, 0) is 4.79 Å². The average Bonchev–Trinajstić information content (AvgIpc) is 3.09. The molecule has 1 fully saturated rings. The first-order chi connectivity index (χ1) is 15.0. The third-order valence-electron chi connectivity index (χ3n) is 4.93. The highest BCUT2D eigenvalue weighted by Crippen LogP contribution is 2.32. The molecule has 4 nitrogen and oxygen atoms in total. The van der Waals surface area contributed by atoms with Gasteiger partial charge in [0.05, 0.1) is 17.2 Å². The van der Waals surface area contributed by atoms with Gasteiger partial charge in [-0.2, -0.15) is 0 Å². The molecule has 0 aromatic heterocycles. The van der Waals surface area contributed by atoms with E-state index in [4.69, 9.17) is 16.3 Å². The van der Waals surface area contributed by atoms with E-state index in [-0.39, 0.29) is 5.91 Å². The number of nitrogens with zero attached hydrogens (tertiary/aromatic N) is 1. The molecule has 2 aromatic carbocycles. The second-order valence-corrected chi connectivity index (χ2v) is 9.08. The number of carbonyl (C=O) groups is 1. The predicted molar refractivity (Wildman–Crippen MR) is 132 cm³/mol. The van der Waals surface area contributed by atoms with E-state index in [9.17, 15) is 4.79 Å². The molecule has 0 bridgehead atoms. The first-order valence-corrected chi connectivity index (χ1v) is 12.0. The molecule has 1 N–H and O–H groups in total. The zero-order valence-electron chi connectivity index (χ0n) is 18.1. The number of thioether (sulfide) groups is 1. The Morgan fingerprint density at radius 1 is 1.06 bits per heavy atom. The van der Waals surface area contributed by atoms with E-state index in [2.05, 4.69) is 17.2 Å². The number of hydrogen-bond donors (Lipinski definition) is 1. The maximum Gasteiger partial charge on any atom is 0.264 e. The summed E-state index contributed by atoms with van der Waals surface area (Å²) in [7, 11) is 0. The number of benzene rings is 2. The maximum absolute atomic E-state index is 12.5. The highest BCUT2D eigenvalue weighted by atomic mass is 35.5. The minimum absolute atomic E-state index is 0.169. The van der Waals surface area contributed by atoms with Crippen LogP contribution in [0.3, 0.4) is 0 Å². The molecule has 6 heteroatoms. The summed E-state index contributed by atoms with van der Waals surface area (Å²) < 4.78 is 6.00. The van der Waals surface area contributed by atoms with Crippen molar-refractivity contribution >= 4 is 46.2 Å². The van der Waals surface area contributed by atoms with Gasteiger partial charge in [0.2, 0.25) is 0 Å². The molecular formula is C25H29ClN2O2S. The zero-order chi connectivity index (χ0) is 22.1. The van der Waals surface area contributed by atoms with Crippen LogP contribution in [0.5, 0.6) is 5.75 Å². The van der Waals surface area contributed by atoms with Gasteiger partial charge in [0.15, 0.2) is 5.17 Å². The summed E-state index contributed by atoms with van der Waals surface area (Å²) in [6.07, 6.45) is 9.08. The van der Waals surface area contributed by atoms with Crippen LogP contribution >= 0.6 is 23.4 Å². The van der Waals surface area contributed by atoms with Gasteiger partial charge in [0.25, 0.3) is 5.91 Å². The van der Waals surface area contributed by atoms with Crippen LogP contribution in [0.25, 0.3) is 6.08 Å². The molecular weight excluding hydrogens is 428 g/mol. The molecule has 0 radical (unpaired) electrons. The summed E-state index contributed by atoms with van der Waals surface area (Å²) >= 11 is 7.52. The molecule has 1 aliphatic heterocycles. The number of aliphatic imine (C=N–C) groups is 1. The third kappa shape index (κ3) is 7.44. The molecule has 164 valence electrons. The lowest BCUT2D eigenvalue weighted by atomic mass is 10.1. The van der Waals surface area contributed by atoms with E-state index in [1.54, 1.807) is 0 Å². The van der Waals surface area contributed by atoms with Crippen molar-refractivity contribution in [3.05, 3.63) is 63.5 Å². The van der Waals surface area contributed by atoms with Crippen molar-refractivity contribution in [3.8, 4) is 5.75 Å². The number of amidine groups is 1. The lowest BCUT2D eigenvalue weighted by molar-refractivity contribution is -0.115. The van der Waals surface area contributed by atoms with Crippen molar-refractivity contribution in [2.75, 3.05) is 6.61 Å². The quantitative estimate of drug-likeness (QED) is 0.302. The molecule has 1 amide bonds. The smallest absolute Gasteiger partial charge is 0.264 e. The normalized spacial score (nSPS) is 16.2. The molecule has 0 saturated carbocycles. The minimum Gasteiger partial charge on any atom is -0.493 e. The van der Waals surface area contributed by atoms with Crippen LogP contribution in [0, 0.1) is 6.92 Å². The van der Waals surface area contributed by atoms with Crippen LogP contribution in [0.15, 0.2) is 52.4 Å². The van der Waals surface area contributed by atoms with Crippen molar-refractivity contribution in [3.63, 3.8) is 0 Å². The van der Waals surface area contributed by atoms with Gasteiger partial charge in [-0.05, 0) is 61.5 Å². The molecule has 0 aliphatic carbocycles. The second-order valence-electron chi connectivity index (χ2n) is 7.62. The predicted octanol–water partition coefficient (Wildman–Crippen LogP) is 7.28. The highest BCUT2D eigenvalue weighted by Gasteiger charge is 2.24. The molecule has 2 aromatic rings. The Kier molecular flexibility index (Phi) is 9.04. The van der Waals surface area contributed by atoms with Crippen molar-refractivity contribution < 1.29 is 9.53 Å². The zero-order valence-corrected chi connectivity index (χ0v) is 19.7. The van der Waals surface area contributed by atoms with E-state index < -0.39 is 0 Å². The molecule has 31 heavy (non-hydrogen) atoms. The van der Waals surface area contributed by atoms with Crippen LogP contribution < -0.4 is 10.1 Å². The number of ether oxygens (including phenoxy) is 1. The van der Waals surface area contributed by atoms with Gasteiger partial charge in [0, 0.05) is 10.6 Å². The van der Waals surface area contributed by atoms with E-state index in [0.717, 1.165) is 23.4 Å². The Bertz CT molecular complexity index is 954. The minimum atomic E-state index is -0.169. The number of hydrogen-bond acceptors (Lipinski definition) is 4.